The fourth-order valence-corrected chi connectivity index (χ4v) is 4.38. The molecule has 1 unspecified atom stereocenters. The number of nitrogens with one attached hydrogen (secondary N) is 1. The van der Waals surface area contributed by atoms with Crippen molar-refractivity contribution >= 4 is 24.9 Å². The van der Waals surface area contributed by atoms with E-state index in [4.69, 9.17) is 9.63 Å². The van der Waals surface area contributed by atoms with Crippen LogP contribution in [-0.2, 0) is 34.5 Å². The van der Waals surface area contributed by atoms with E-state index in [9.17, 15) is 34.1 Å². The smallest absolute Gasteiger partial charge is 0.332 e. The normalized spacial score (nSPS) is 23.3. The third-order valence-electron chi connectivity index (χ3n) is 5.94. The highest BCUT2D eigenvalue weighted by Crippen LogP contribution is 2.33. The summed E-state index contributed by atoms with van der Waals surface area (Å²) in [5.41, 5.74) is -0.490. The number of amides is 1. The predicted octanol–water partition coefficient (Wildman–Crippen LogP) is -3.75. The van der Waals surface area contributed by atoms with Crippen LogP contribution in [0, 0.1) is 0 Å². The summed E-state index contributed by atoms with van der Waals surface area (Å²) in [6, 6.07) is 2.95. The van der Waals surface area contributed by atoms with Gasteiger partial charge in [-0.05, 0) is 6.07 Å². The van der Waals surface area contributed by atoms with E-state index in [-0.39, 0.29) is 29.8 Å². The van der Waals surface area contributed by atoms with E-state index in [2.05, 4.69) is 14.8 Å². The molecule has 37 heavy (non-hydrogen) atoms. The molecule has 1 fully saturated rings. The monoisotopic (exact) mass is 540 g/mol. The molecule has 0 saturated carbocycles. The standard InChI is InChI=1S/C20H25N6O10P/c1-23-10-22-16-13(23)18(30)26(20(31)24(16)2)7-5-21-17(29)11-4-3-6-25(8-11)19-15(28)14(27)12(36-19)9-35-37(32,33)34/h3-4,6,8,10,12,14-15,19,27-28H,5,7,9H2,1-2H3,(H2-,21,29,32,33,34)/t12-,14-,15-,19-/m1/s1. The molecule has 0 spiro atoms. The van der Waals surface area contributed by atoms with Gasteiger partial charge in [0, 0.05) is 33.3 Å². The lowest BCUT2D eigenvalue weighted by Gasteiger charge is -2.19. The zero-order valence-electron chi connectivity index (χ0n) is 19.7. The number of nitrogens with zero attached hydrogens (tertiary/aromatic N) is 5. The molecule has 17 heteroatoms. The van der Waals surface area contributed by atoms with Crippen LogP contribution in [-0.4, -0.2) is 71.2 Å². The molecular weight excluding hydrogens is 515 g/mol. The molecule has 3 aromatic heterocycles. The number of aryl methyl sites for hydroxylation is 2. The minimum Gasteiger partial charge on any atom is -0.756 e. The number of hydrogen-bond acceptors (Lipinski definition) is 10. The first-order valence-corrected chi connectivity index (χ1v) is 12.5. The molecule has 3 aromatic rings. The molecule has 0 aliphatic carbocycles. The summed E-state index contributed by atoms with van der Waals surface area (Å²) in [6.07, 6.45) is -1.26. The molecule has 0 radical (unpaired) electrons. The number of imidazole rings is 1. The lowest BCUT2D eigenvalue weighted by atomic mass is 10.1. The molecule has 5 atom stereocenters. The van der Waals surface area contributed by atoms with E-state index in [1.165, 1.54) is 51.6 Å². The Morgan fingerprint density at radius 3 is 2.76 bits per heavy atom. The predicted molar refractivity (Wildman–Crippen MR) is 121 cm³/mol. The summed E-state index contributed by atoms with van der Waals surface area (Å²) >= 11 is 0. The van der Waals surface area contributed by atoms with Crippen molar-refractivity contribution < 1.29 is 43.2 Å². The van der Waals surface area contributed by atoms with E-state index in [1.807, 2.05) is 0 Å². The van der Waals surface area contributed by atoms with Gasteiger partial charge in [-0.2, -0.15) is 4.57 Å². The molecule has 16 nitrogen and oxygen atoms in total. The van der Waals surface area contributed by atoms with E-state index < -0.39 is 56.1 Å². The Morgan fingerprint density at radius 1 is 1.32 bits per heavy atom. The van der Waals surface area contributed by atoms with Crippen molar-refractivity contribution in [3.8, 4) is 0 Å². The van der Waals surface area contributed by atoms with Crippen LogP contribution in [0.1, 0.15) is 16.6 Å². The molecule has 1 saturated heterocycles. The van der Waals surface area contributed by atoms with Crippen molar-refractivity contribution in [2.24, 2.45) is 14.1 Å². The molecule has 4 rings (SSSR count). The number of aliphatic hydroxyl groups excluding tert-OH is 2. The van der Waals surface area contributed by atoms with E-state index in [0.29, 0.717) is 0 Å². The number of carbonyl (C=O) groups excluding carboxylic acids is 1. The van der Waals surface area contributed by atoms with Crippen molar-refractivity contribution in [3.63, 3.8) is 0 Å². The highest BCUT2D eigenvalue weighted by molar-refractivity contribution is 7.44. The Bertz CT molecular complexity index is 1490. The summed E-state index contributed by atoms with van der Waals surface area (Å²) in [4.78, 5) is 61.7. The lowest BCUT2D eigenvalue weighted by Crippen LogP contribution is -2.46. The quantitative estimate of drug-likeness (QED) is 0.161. The van der Waals surface area contributed by atoms with Gasteiger partial charge in [0.05, 0.1) is 12.9 Å². The largest absolute Gasteiger partial charge is 0.756 e. The molecule has 0 bridgehead atoms. The van der Waals surface area contributed by atoms with E-state index >= 15 is 0 Å². The SMILES string of the molecule is Cn1cnc2c1c(=O)n(CCNC(=O)c1ccc[n+]([C@@H]3O[C@H](COP(=O)([O-])O)[C@@H](O)[C@H]3O)c1)c(=O)n2C. The van der Waals surface area contributed by atoms with Crippen molar-refractivity contribution in [1.82, 2.24) is 24.0 Å². The third kappa shape index (κ3) is 5.40. The first-order valence-electron chi connectivity index (χ1n) is 11.0. The van der Waals surface area contributed by atoms with Gasteiger partial charge < -0.3 is 39.1 Å². The number of aromatic nitrogens is 5. The van der Waals surface area contributed by atoms with Gasteiger partial charge in [-0.25, -0.2) is 9.78 Å². The van der Waals surface area contributed by atoms with Crippen LogP contribution >= 0.6 is 7.82 Å². The second-order valence-electron chi connectivity index (χ2n) is 8.43. The van der Waals surface area contributed by atoms with Crippen LogP contribution in [0.25, 0.3) is 11.2 Å². The van der Waals surface area contributed by atoms with E-state index in [0.717, 1.165) is 4.57 Å². The van der Waals surface area contributed by atoms with Crippen LogP contribution in [0.5, 0.6) is 0 Å². The average Bonchev–Trinajstić information content (AvgIpc) is 3.37. The number of phosphoric ester groups is 1. The Hall–Kier alpha value is -3.24. The Balaban J connectivity index is 1.44. The number of ether oxygens (including phenoxy) is 1. The number of rotatable bonds is 8. The van der Waals surface area contributed by atoms with Crippen LogP contribution in [0.2, 0.25) is 0 Å². The topological polar surface area (TPSA) is 214 Å². The Labute approximate surface area is 208 Å². The average molecular weight is 540 g/mol. The maximum Gasteiger partial charge on any atom is 0.332 e. The zero-order chi connectivity index (χ0) is 27.1. The van der Waals surface area contributed by atoms with Gasteiger partial charge in [0.1, 0.15) is 17.8 Å². The summed E-state index contributed by atoms with van der Waals surface area (Å²) in [7, 11) is -1.94. The van der Waals surface area contributed by atoms with Crippen LogP contribution < -0.4 is 26.0 Å². The van der Waals surface area contributed by atoms with Crippen LogP contribution in [0.4, 0.5) is 0 Å². The Kier molecular flexibility index (Phi) is 7.43. The highest BCUT2D eigenvalue weighted by atomic mass is 31.2. The van der Waals surface area contributed by atoms with Gasteiger partial charge >= 0.3 is 5.69 Å². The molecule has 0 aromatic carbocycles. The fourth-order valence-electron chi connectivity index (χ4n) is 4.04. The molecule has 4 heterocycles. The Morgan fingerprint density at radius 2 is 2.05 bits per heavy atom. The van der Waals surface area contributed by atoms with Gasteiger partial charge in [-0.3, -0.25) is 23.3 Å². The third-order valence-corrected chi connectivity index (χ3v) is 6.41. The number of aliphatic hydroxyl groups is 2. The highest BCUT2D eigenvalue weighted by Gasteiger charge is 2.48. The number of carbonyl (C=O) groups is 1. The summed E-state index contributed by atoms with van der Waals surface area (Å²) < 4.78 is 25.6. The van der Waals surface area contributed by atoms with Crippen molar-refractivity contribution in [1.29, 1.82) is 0 Å². The molecular formula is C20H25N6O10P. The number of hydrogen-bond donors (Lipinski definition) is 4. The maximum atomic E-state index is 12.8. The number of fused-ring (bicyclic) bond motifs is 1. The van der Waals surface area contributed by atoms with Crippen molar-refractivity contribution in [2.45, 2.75) is 31.1 Å². The molecule has 200 valence electrons. The van der Waals surface area contributed by atoms with E-state index in [1.54, 1.807) is 7.05 Å². The van der Waals surface area contributed by atoms with Crippen LogP contribution in [0.3, 0.4) is 0 Å². The van der Waals surface area contributed by atoms with Gasteiger partial charge in [0.15, 0.2) is 29.7 Å². The molecule has 1 amide bonds. The van der Waals surface area contributed by atoms with Gasteiger partial charge in [0.2, 0.25) is 0 Å². The fraction of sp³-hybridized carbons (Fsp3) is 0.450. The van der Waals surface area contributed by atoms with Gasteiger partial charge in [0.25, 0.3) is 25.5 Å². The minimum absolute atomic E-state index is 0.0523. The number of pyridine rings is 1. The summed E-state index contributed by atoms with van der Waals surface area (Å²) in [5, 5.41) is 23.1. The lowest BCUT2D eigenvalue weighted by molar-refractivity contribution is -0.765. The molecule has 1 aliphatic rings. The van der Waals surface area contributed by atoms with Gasteiger partial charge in [-0.1, -0.05) is 0 Å². The first kappa shape index (κ1) is 26.8. The minimum atomic E-state index is -5.06. The van der Waals surface area contributed by atoms with Gasteiger partial charge in [-0.15, -0.1) is 0 Å². The second-order valence-corrected chi connectivity index (χ2v) is 9.63. The number of phosphoric acid groups is 1. The zero-order valence-corrected chi connectivity index (χ0v) is 20.6. The summed E-state index contributed by atoms with van der Waals surface area (Å²) in [6.45, 7) is -0.878. The summed E-state index contributed by atoms with van der Waals surface area (Å²) in [5.74, 6) is -0.554. The molecule has 4 N–H and O–H groups in total. The molecule has 1 aliphatic heterocycles. The second kappa shape index (κ2) is 10.3. The first-order chi connectivity index (χ1) is 17.4. The maximum absolute atomic E-state index is 12.8. The van der Waals surface area contributed by atoms with Crippen LogP contribution in [0.15, 0.2) is 40.4 Å². The van der Waals surface area contributed by atoms with Crippen molar-refractivity contribution in [3.05, 3.63) is 57.3 Å². The van der Waals surface area contributed by atoms with Crippen molar-refractivity contribution in [2.75, 3.05) is 13.2 Å².